The maximum atomic E-state index is 13.6. The second kappa shape index (κ2) is 4.30. The predicted molar refractivity (Wildman–Crippen MR) is 62.9 cm³/mol. The van der Waals surface area contributed by atoms with Crippen molar-refractivity contribution in [3.63, 3.8) is 0 Å². The molecule has 0 unspecified atom stereocenters. The molecule has 0 N–H and O–H groups in total. The van der Waals surface area contributed by atoms with Crippen molar-refractivity contribution in [3.8, 4) is 0 Å². The lowest BCUT2D eigenvalue weighted by Crippen LogP contribution is -2.32. The zero-order valence-electron chi connectivity index (χ0n) is 8.87. The van der Waals surface area contributed by atoms with E-state index in [9.17, 15) is 14.0 Å². The van der Waals surface area contributed by atoms with Gasteiger partial charge in [-0.15, -0.1) is 11.6 Å². The average molecular weight is 254 g/mol. The Bertz CT molecular complexity index is 527. The van der Waals surface area contributed by atoms with Crippen molar-refractivity contribution in [1.29, 1.82) is 0 Å². The van der Waals surface area contributed by atoms with E-state index in [2.05, 4.69) is 6.58 Å². The van der Waals surface area contributed by atoms with E-state index in [1.54, 1.807) is 0 Å². The Balaban J connectivity index is 2.47. The third-order valence-corrected chi connectivity index (χ3v) is 2.89. The number of Topliss-reactive ketones (excluding diaryl/α,β-unsaturated/α-hetero) is 1. The van der Waals surface area contributed by atoms with Crippen LogP contribution in [0.2, 0.25) is 0 Å². The standard InChI is InChI=1S/C12H9ClFNO2/c1-7(5-13)6-15-10-8(11(16)12(15)17)3-2-4-9(10)14/h2-4H,1,5-6H2. The predicted octanol–water partition coefficient (Wildman–Crippen LogP) is 2.15. The van der Waals surface area contributed by atoms with Crippen LogP contribution < -0.4 is 4.90 Å². The van der Waals surface area contributed by atoms with Gasteiger partial charge in [0.1, 0.15) is 5.82 Å². The number of halogens is 2. The minimum absolute atomic E-state index is 0.0220. The number of amides is 1. The minimum Gasteiger partial charge on any atom is -0.298 e. The Labute approximate surface area is 102 Å². The Hall–Kier alpha value is -1.68. The molecule has 0 aliphatic carbocycles. The van der Waals surface area contributed by atoms with Crippen LogP contribution in [0.3, 0.4) is 0 Å². The molecular weight excluding hydrogens is 245 g/mol. The zero-order valence-corrected chi connectivity index (χ0v) is 9.63. The summed E-state index contributed by atoms with van der Waals surface area (Å²) in [6.07, 6.45) is 0. The zero-order chi connectivity index (χ0) is 12.6. The lowest BCUT2D eigenvalue weighted by atomic mass is 10.1. The number of carbonyl (C=O) groups is 2. The van der Waals surface area contributed by atoms with Gasteiger partial charge in [-0.1, -0.05) is 12.6 Å². The quantitative estimate of drug-likeness (QED) is 0.470. The number of para-hydroxylation sites is 1. The summed E-state index contributed by atoms with van der Waals surface area (Å²) in [6, 6.07) is 4.04. The second-order valence-electron chi connectivity index (χ2n) is 3.74. The van der Waals surface area contributed by atoms with Crippen molar-refractivity contribution in [3.05, 3.63) is 41.7 Å². The molecular formula is C12H9ClFNO2. The van der Waals surface area contributed by atoms with E-state index in [0.29, 0.717) is 5.57 Å². The molecule has 1 heterocycles. The van der Waals surface area contributed by atoms with Crippen LogP contribution >= 0.6 is 11.6 Å². The number of nitrogens with zero attached hydrogens (tertiary/aromatic N) is 1. The minimum atomic E-state index is -0.739. The van der Waals surface area contributed by atoms with E-state index in [1.165, 1.54) is 18.2 Å². The first-order chi connectivity index (χ1) is 8.06. The van der Waals surface area contributed by atoms with Gasteiger partial charge in [0.2, 0.25) is 0 Å². The maximum absolute atomic E-state index is 13.6. The van der Waals surface area contributed by atoms with Gasteiger partial charge in [-0.05, 0) is 17.7 Å². The van der Waals surface area contributed by atoms with E-state index < -0.39 is 17.5 Å². The highest BCUT2D eigenvalue weighted by molar-refractivity contribution is 6.52. The van der Waals surface area contributed by atoms with Gasteiger partial charge in [-0.3, -0.25) is 14.5 Å². The van der Waals surface area contributed by atoms with Crippen LogP contribution in [0.25, 0.3) is 0 Å². The molecule has 5 heteroatoms. The van der Waals surface area contributed by atoms with Crippen LogP contribution in [0.15, 0.2) is 30.4 Å². The lowest BCUT2D eigenvalue weighted by molar-refractivity contribution is -0.114. The smallest absolute Gasteiger partial charge is 0.298 e. The molecule has 0 bridgehead atoms. The molecule has 17 heavy (non-hydrogen) atoms. The van der Waals surface area contributed by atoms with Crippen molar-refractivity contribution in [2.75, 3.05) is 17.3 Å². The highest BCUT2D eigenvalue weighted by Gasteiger charge is 2.37. The SMILES string of the molecule is C=C(CCl)CN1C(=O)C(=O)c2cccc(F)c21. The Kier molecular flexibility index (Phi) is 2.98. The van der Waals surface area contributed by atoms with E-state index in [0.717, 1.165) is 4.90 Å². The first-order valence-electron chi connectivity index (χ1n) is 4.93. The Morgan fingerprint density at radius 2 is 2.12 bits per heavy atom. The molecule has 2 rings (SSSR count). The van der Waals surface area contributed by atoms with Crippen LogP contribution in [-0.2, 0) is 4.79 Å². The van der Waals surface area contributed by atoms with Gasteiger partial charge in [0.15, 0.2) is 0 Å². The molecule has 1 amide bonds. The lowest BCUT2D eigenvalue weighted by Gasteiger charge is -2.17. The molecule has 3 nitrogen and oxygen atoms in total. The van der Waals surface area contributed by atoms with E-state index in [1.807, 2.05) is 0 Å². The molecule has 1 aromatic carbocycles. The summed E-state index contributed by atoms with van der Waals surface area (Å²) in [5.41, 5.74) is 0.662. The molecule has 0 radical (unpaired) electrons. The van der Waals surface area contributed by atoms with Gasteiger partial charge >= 0.3 is 0 Å². The van der Waals surface area contributed by atoms with E-state index >= 15 is 0 Å². The van der Waals surface area contributed by atoms with Gasteiger partial charge in [0.25, 0.3) is 11.7 Å². The summed E-state index contributed by atoms with van der Waals surface area (Å²) in [5, 5.41) is 0. The summed E-state index contributed by atoms with van der Waals surface area (Å²) in [6.45, 7) is 3.70. The van der Waals surface area contributed by atoms with Crippen molar-refractivity contribution in [2.45, 2.75) is 0 Å². The third kappa shape index (κ3) is 1.85. The maximum Gasteiger partial charge on any atom is 0.299 e. The van der Waals surface area contributed by atoms with Crippen molar-refractivity contribution >= 4 is 29.0 Å². The molecule has 0 saturated carbocycles. The van der Waals surface area contributed by atoms with Crippen LogP contribution in [0.1, 0.15) is 10.4 Å². The summed E-state index contributed by atoms with van der Waals surface area (Å²) in [4.78, 5) is 24.4. The Morgan fingerprint density at radius 1 is 1.41 bits per heavy atom. The molecule has 88 valence electrons. The molecule has 1 aliphatic heterocycles. The number of ketones is 1. The number of rotatable bonds is 3. The fraction of sp³-hybridized carbons (Fsp3) is 0.167. The van der Waals surface area contributed by atoms with Crippen LogP contribution in [0, 0.1) is 5.82 Å². The van der Waals surface area contributed by atoms with E-state index in [4.69, 9.17) is 11.6 Å². The number of hydrogen-bond acceptors (Lipinski definition) is 2. The number of carbonyl (C=O) groups excluding carboxylic acids is 2. The number of alkyl halides is 1. The van der Waals surface area contributed by atoms with E-state index in [-0.39, 0.29) is 23.7 Å². The summed E-state index contributed by atoms with van der Waals surface area (Å²) < 4.78 is 13.6. The summed E-state index contributed by atoms with van der Waals surface area (Å²) in [7, 11) is 0. The second-order valence-corrected chi connectivity index (χ2v) is 4.01. The van der Waals surface area contributed by atoms with Gasteiger partial charge < -0.3 is 0 Å². The fourth-order valence-corrected chi connectivity index (χ4v) is 1.81. The average Bonchev–Trinajstić information content (AvgIpc) is 2.56. The number of anilines is 1. The first-order valence-corrected chi connectivity index (χ1v) is 5.47. The van der Waals surface area contributed by atoms with Gasteiger partial charge in [0.05, 0.1) is 11.3 Å². The summed E-state index contributed by atoms with van der Waals surface area (Å²) in [5.74, 6) is -1.87. The van der Waals surface area contributed by atoms with Crippen molar-refractivity contribution < 1.29 is 14.0 Å². The highest BCUT2D eigenvalue weighted by atomic mass is 35.5. The molecule has 0 spiro atoms. The topological polar surface area (TPSA) is 37.4 Å². The number of benzene rings is 1. The number of hydrogen-bond donors (Lipinski definition) is 0. The van der Waals surface area contributed by atoms with Gasteiger partial charge in [-0.2, -0.15) is 0 Å². The van der Waals surface area contributed by atoms with Crippen LogP contribution in [0.4, 0.5) is 10.1 Å². The molecule has 0 aromatic heterocycles. The molecule has 1 aromatic rings. The Morgan fingerprint density at radius 3 is 2.76 bits per heavy atom. The third-order valence-electron chi connectivity index (χ3n) is 2.51. The van der Waals surface area contributed by atoms with Gasteiger partial charge in [-0.25, -0.2) is 4.39 Å². The highest BCUT2D eigenvalue weighted by Crippen LogP contribution is 2.31. The van der Waals surface area contributed by atoms with Crippen molar-refractivity contribution in [1.82, 2.24) is 0 Å². The molecule has 0 saturated heterocycles. The van der Waals surface area contributed by atoms with Crippen LogP contribution in [0.5, 0.6) is 0 Å². The molecule has 0 atom stereocenters. The molecule has 0 fully saturated rings. The van der Waals surface area contributed by atoms with Crippen LogP contribution in [-0.4, -0.2) is 24.1 Å². The number of fused-ring (bicyclic) bond motifs is 1. The normalized spacial score (nSPS) is 14.1. The molecule has 1 aliphatic rings. The van der Waals surface area contributed by atoms with Gasteiger partial charge in [0, 0.05) is 12.4 Å². The first kappa shape index (κ1) is 11.8. The summed E-state index contributed by atoms with van der Waals surface area (Å²) >= 11 is 5.57. The monoisotopic (exact) mass is 253 g/mol. The fourth-order valence-electron chi connectivity index (χ4n) is 1.73. The van der Waals surface area contributed by atoms with Crippen molar-refractivity contribution in [2.24, 2.45) is 0 Å². The largest absolute Gasteiger partial charge is 0.299 e.